The van der Waals surface area contributed by atoms with Crippen LogP contribution in [0.2, 0.25) is 0 Å². The summed E-state index contributed by atoms with van der Waals surface area (Å²) in [5, 5.41) is 8.39. The van der Waals surface area contributed by atoms with Crippen LogP contribution in [-0.2, 0) is 10.0 Å². The first-order valence-electron chi connectivity index (χ1n) is 6.93. The van der Waals surface area contributed by atoms with Crippen LogP contribution in [0.4, 0.5) is 0 Å². The third kappa shape index (κ3) is 8.30. The number of halogens is 1. The fourth-order valence-corrected chi connectivity index (χ4v) is 3.04. The molecule has 0 aromatic carbocycles. The first-order chi connectivity index (χ1) is 9.98. The number of sulfonamides is 1. The average Bonchev–Trinajstić information content (AvgIpc) is 3.00. The maximum atomic E-state index is 11.3. The lowest BCUT2D eigenvalue weighted by Gasteiger charge is -2.15. The second-order valence-electron chi connectivity index (χ2n) is 4.59. The summed E-state index contributed by atoms with van der Waals surface area (Å²) >= 11 is 1.74. The lowest BCUT2D eigenvalue weighted by molar-refractivity contribution is 0.581. The summed E-state index contributed by atoms with van der Waals surface area (Å²) in [5.41, 5.74) is 0. The maximum Gasteiger partial charge on any atom is 0.211 e. The Bertz CT molecular complexity index is 532. The minimum Gasteiger partial charge on any atom is -0.356 e. The Morgan fingerprint density at radius 2 is 2.09 bits per heavy atom. The standard InChI is InChI=1S/C13H24N4O2S2.HI/c1-4-21(18,19)17-8-7-15-13(14-3)16-10-11(2)12-6-5-9-20-12;/h5-6,9,11,17H,4,7-8,10H2,1-3H3,(H2,14,15,16);1H. The molecule has 0 fully saturated rings. The van der Waals surface area contributed by atoms with Gasteiger partial charge in [-0.3, -0.25) is 4.99 Å². The summed E-state index contributed by atoms with van der Waals surface area (Å²) in [6, 6.07) is 4.16. The van der Waals surface area contributed by atoms with E-state index in [2.05, 4.69) is 38.7 Å². The van der Waals surface area contributed by atoms with Gasteiger partial charge in [0.05, 0.1) is 5.75 Å². The molecular formula is C13H25IN4O2S2. The van der Waals surface area contributed by atoms with E-state index in [0.717, 1.165) is 6.54 Å². The predicted molar refractivity (Wildman–Crippen MR) is 105 cm³/mol. The minimum absolute atomic E-state index is 0. The fourth-order valence-electron chi connectivity index (χ4n) is 1.63. The second-order valence-corrected chi connectivity index (χ2v) is 7.67. The molecule has 0 aliphatic rings. The minimum atomic E-state index is -3.13. The van der Waals surface area contributed by atoms with Gasteiger partial charge in [0.2, 0.25) is 10.0 Å². The molecule has 1 aromatic heterocycles. The Kier molecular flexibility index (Phi) is 11.0. The smallest absolute Gasteiger partial charge is 0.211 e. The first kappa shape index (κ1) is 21.6. The second kappa shape index (κ2) is 11.2. The maximum absolute atomic E-state index is 11.3. The Hall–Kier alpha value is -0.390. The molecule has 3 N–H and O–H groups in total. The van der Waals surface area contributed by atoms with E-state index in [4.69, 9.17) is 0 Å². The molecule has 1 rings (SSSR count). The number of aliphatic imine (C=N–C) groups is 1. The lowest BCUT2D eigenvalue weighted by Crippen LogP contribution is -2.42. The number of guanidine groups is 1. The van der Waals surface area contributed by atoms with Gasteiger partial charge in [-0.05, 0) is 18.4 Å². The number of hydrogen-bond acceptors (Lipinski definition) is 4. The molecular weight excluding hydrogens is 435 g/mol. The number of hydrogen-bond donors (Lipinski definition) is 3. The van der Waals surface area contributed by atoms with E-state index in [9.17, 15) is 8.42 Å². The SMILES string of the molecule is CCS(=O)(=O)NCCNC(=NC)NCC(C)c1cccs1.I. The molecule has 0 radical (unpaired) electrons. The van der Waals surface area contributed by atoms with Crippen LogP contribution in [0, 0.1) is 0 Å². The third-order valence-electron chi connectivity index (χ3n) is 2.95. The monoisotopic (exact) mass is 460 g/mol. The van der Waals surface area contributed by atoms with Crippen LogP contribution in [0.15, 0.2) is 22.5 Å². The fraction of sp³-hybridized carbons (Fsp3) is 0.615. The van der Waals surface area contributed by atoms with Crippen molar-refractivity contribution in [1.29, 1.82) is 0 Å². The lowest BCUT2D eigenvalue weighted by atomic mass is 10.1. The van der Waals surface area contributed by atoms with Gasteiger partial charge in [-0.1, -0.05) is 13.0 Å². The van der Waals surface area contributed by atoms with Crippen molar-refractivity contribution in [2.75, 3.05) is 32.4 Å². The largest absolute Gasteiger partial charge is 0.356 e. The van der Waals surface area contributed by atoms with E-state index in [-0.39, 0.29) is 29.7 Å². The van der Waals surface area contributed by atoms with Crippen LogP contribution >= 0.6 is 35.3 Å². The summed E-state index contributed by atoms with van der Waals surface area (Å²) in [7, 11) is -1.43. The molecule has 0 saturated carbocycles. The molecule has 22 heavy (non-hydrogen) atoms. The normalized spacial score (nSPS) is 13.3. The highest BCUT2D eigenvalue weighted by Crippen LogP contribution is 2.19. The highest BCUT2D eigenvalue weighted by atomic mass is 127. The van der Waals surface area contributed by atoms with Crippen molar-refractivity contribution in [3.05, 3.63) is 22.4 Å². The molecule has 9 heteroatoms. The van der Waals surface area contributed by atoms with Crippen molar-refractivity contribution >= 4 is 51.3 Å². The van der Waals surface area contributed by atoms with Crippen molar-refractivity contribution in [2.45, 2.75) is 19.8 Å². The van der Waals surface area contributed by atoms with Crippen molar-refractivity contribution in [3.63, 3.8) is 0 Å². The van der Waals surface area contributed by atoms with Crippen molar-refractivity contribution in [2.24, 2.45) is 4.99 Å². The van der Waals surface area contributed by atoms with Gasteiger partial charge in [-0.15, -0.1) is 35.3 Å². The van der Waals surface area contributed by atoms with Crippen LogP contribution < -0.4 is 15.4 Å². The molecule has 6 nitrogen and oxygen atoms in total. The van der Waals surface area contributed by atoms with Crippen LogP contribution in [0.25, 0.3) is 0 Å². The van der Waals surface area contributed by atoms with Crippen molar-refractivity contribution in [3.8, 4) is 0 Å². The predicted octanol–water partition coefficient (Wildman–Crippen LogP) is 1.57. The Morgan fingerprint density at radius 3 is 2.64 bits per heavy atom. The van der Waals surface area contributed by atoms with Gasteiger partial charge in [0.25, 0.3) is 0 Å². The highest BCUT2D eigenvalue weighted by Gasteiger charge is 2.08. The van der Waals surface area contributed by atoms with E-state index < -0.39 is 10.0 Å². The number of nitrogens with zero attached hydrogens (tertiary/aromatic N) is 1. The third-order valence-corrected chi connectivity index (χ3v) is 5.46. The van der Waals surface area contributed by atoms with Gasteiger partial charge in [0.15, 0.2) is 5.96 Å². The van der Waals surface area contributed by atoms with E-state index >= 15 is 0 Å². The zero-order valence-corrected chi connectivity index (χ0v) is 17.1. The molecule has 0 saturated heterocycles. The summed E-state index contributed by atoms with van der Waals surface area (Å²) in [4.78, 5) is 5.44. The topological polar surface area (TPSA) is 82.6 Å². The highest BCUT2D eigenvalue weighted by molar-refractivity contribution is 14.0. The molecule has 128 valence electrons. The van der Waals surface area contributed by atoms with Crippen LogP contribution in [0.1, 0.15) is 24.6 Å². The Balaban J connectivity index is 0.00000441. The van der Waals surface area contributed by atoms with Crippen molar-refractivity contribution < 1.29 is 8.42 Å². The molecule has 0 aliphatic carbocycles. The van der Waals surface area contributed by atoms with Gasteiger partial charge in [0.1, 0.15) is 0 Å². The Labute approximate surface area is 154 Å². The molecule has 1 aromatic rings. The van der Waals surface area contributed by atoms with E-state index in [1.165, 1.54) is 4.88 Å². The molecule has 0 spiro atoms. The van der Waals surface area contributed by atoms with Gasteiger partial charge in [0, 0.05) is 37.5 Å². The molecule has 1 heterocycles. The number of rotatable bonds is 8. The summed E-state index contributed by atoms with van der Waals surface area (Å²) < 4.78 is 25.1. The van der Waals surface area contributed by atoms with E-state index in [0.29, 0.717) is 25.0 Å². The average molecular weight is 460 g/mol. The van der Waals surface area contributed by atoms with Gasteiger partial charge in [-0.25, -0.2) is 13.1 Å². The number of nitrogens with one attached hydrogen (secondary N) is 3. The van der Waals surface area contributed by atoms with Crippen molar-refractivity contribution in [1.82, 2.24) is 15.4 Å². The van der Waals surface area contributed by atoms with Crippen LogP contribution in [0.3, 0.4) is 0 Å². The molecule has 0 bridgehead atoms. The zero-order valence-electron chi connectivity index (χ0n) is 13.1. The quantitative estimate of drug-likeness (QED) is 0.238. The Morgan fingerprint density at radius 1 is 1.36 bits per heavy atom. The van der Waals surface area contributed by atoms with E-state index in [1.807, 2.05) is 6.07 Å². The molecule has 0 amide bonds. The zero-order chi connectivity index (χ0) is 15.7. The van der Waals surface area contributed by atoms with E-state index in [1.54, 1.807) is 25.3 Å². The summed E-state index contributed by atoms with van der Waals surface area (Å²) in [6.07, 6.45) is 0. The molecule has 1 atom stereocenters. The molecule has 1 unspecified atom stereocenters. The first-order valence-corrected chi connectivity index (χ1v) is 9.47. The van der Waals surface area contributed by atoms with Gasteiger partial charge < -0.3 is 10.6 Å². The number of thiophene rings is 1. The van der Waals surface area contributed by atoms with Crippen LogP contribution in [0.5, 0.6) is 0 Å². The summed E-state index contributed by atoms with van der Waals surface area (Å²) in [5.74, 6) is 1.18. The molecule has 0 aliphatic heterocycles. The van der Waals surface area contributed by atoms with Gasteiger partial charge in [-0.2, -0.15) is 0 Å². The van der Waals surface area contributed by atoms with Gasteiger partial charge >= 0.3 is 0 Å². The van der Waals surface area contributed by atoms with Crippen LogP contribution in [-0.4, -0.2) is 46.8 Å². The summed E-state index contributed by atoms with van der Waals surface area (Å²) in [6.45, 7) is 5.38.